The van der Waals surface area contributed by atoms with E-state index in [-0.39, 0.29) is 5.91 Å². The largest absolute Gasteiger partial charge is 0.335 e. The van der Waals surface area contributed by atoms with Crippen molar-refractivity contribution in [1.82, 2.24) is 20.0 Å². The highest BCUT2D eigenvalue weighted by molar-refractivity contribution is 7.12. The number of benzene rings is 1. The van der Waals surface area contributed by atoms with Gasteiger partial charge in [0, 0.05) is 37.4 Å². The predicted molar refractivity (Wildman–Crippen MR) is 100 cm³/mol. The van der Waals surface area contributed by atoms with Crippen LogP contribution in [0.15, 0.2) is 54.2 Å². The molecular formula is C19H20N4OS. The van der Waals surface area contributed by atoms with Gasteiger partial charge in [0.25, 0.3) is 5.91 Å². The third-order valence-electron chi connectivity index (χ3n) is 4.40. The molecule has 0 radical (unpaired) electrons. The quantitative estimate of drug-likeness (QED) is 0.788. The standard InChI is InChI=1S/C19H20N4OS/c1-14-11-22(8-7-20-14)19(24)18-9-15(13-25-18)16-10-21-23(12-16)17-5-3-2-4-6-17/h2-6,9-10,12-14,20H,7-8,11H2,1H3/t14-/m0/s1. The van der Waals surface area contributed by atoms with Crippen LogP contribution in [0, 0.1) is 0 Å². The summed E-state index contributed by atoms with van der Waals surface area (Å²) in [6.45, 7) is 4.49. The molecule has 1 atom stereocenters. The second-order valence-electron chi connectivity index (χ2n) is 6.32. The van der Waals surface area contributed by atoms with Gasteiger partial charge in [0.2, 0.25) is 0 Å². The Kier molecular flexibility index (Phi) is 4.38. The first kappa shape index (κ1) is 16.1. The molecule has 25 heavy (non-hydrogen) atoms. The second kappa shape index (κ2) is 6.82. The molecule has 4 rings (SSSR count). The van der Waals surface area contributed by atoms with Crippen LogP contribution in [0.1, 0.15) is 16.6 Å². The number of piperazine rings is 1. The maximum Gasteiger partial charge on any atom is 0.264 e. The molecule has 1 aromatic carbocycles. The number of hydrogen-bond acceptors (Lipinski definition) is 4. The van der Waals surface area contributed by atoms with Crippen LogP contribution < -0.4 is 5.32 Å². The molecule has 1 saturated heterocycles. The third kappa shape index (κ3) is 3.36. The maximum absolute atomic E-state index is 12.7. The number of para-hydroxylation sites is 1. The molecule has 0 spiro atoms. The molecule has 6 heteroatoms. The first-order chi connectivity index (χ1) is 12.2. The van der Waals surface area contributed by atoms with E-state index in [1.165, 1.54) is 11.3 Å². The van der Waals surface area contributed by atoms with Crippen LogP contribution in [0.3, 0.4) is 0 Å². The third-order valence-corrected chi connectivity index (χ3v) is 5.32. The molecule has 3 heterocycles. The summed E-state index contributed by atoms with van der Waals surface area (Å²) < 4.78 is 1.85. The molecule has 1 aliphatic rings. The van der Waals surface area contributed by atoms with Crippen LogP contribution in [-0.4, -0.2) is 46.3 Å². The number of carbonyl (C=O) groups is 1. The van der Waals surface area contributed by atoms with E-state index in [0.29, 0.717) is 6.04 Å². The van der Waals surface area contributed by atoms with Gasteiger partial charge in [-0.2, -0.15) is 5.10 Å². The van der Waals surface area contributed by atoms with E-state index in [0.717, 1.165) is 41.3 Å². The number of amides is 1. The molecule has 0 saturated carbocycles. The molecule has 5 nitrogen and oxygen atoms in total. The summed E-state index contributed by atoms with van der Waals surface area (Å²) in [6, 6.07) is 12.3. The average molecular weight is 352 g/mol. The van der Waals surface area contributed by atoms with Gasteiger partial charge < -0.3 is 10.2 Å². The van der Waals surface area contributed by atoms with E-state index < -0.39 is 0 Å². The van der Waals surface area contributed by atoms with Crippen LogP contribution in [0.2, 0.25) is 0 Å². The minimum Gasteiger partial charge on any atom is -0.335 e. The van der Waals surface area contributed by atoms with Gasteiger partial charge in [-0.25, -0.2) is 4.68 Å². The minimum absolute atomic E-state index is 0.125. The SMILES string of the molecule is C[C@H]1CN(C(=O)c2cc(-c3cnn(-c4ccccc4)c3)cs2)CCN1. The first-order valence-electron chi connectivity index (χ1n) is 8.42. The van der Waals surface area contributed by atoms with E-state index in [2.05, 4.69) is 17.3 Å². The lowest BCUT2D eigenvalue weighted by Crippen LogP contribution is -2.51. The first-order valence-corrected chi connectivity index (χ1v) is 9.30. The van der Waals surface area contributed by atoms with Crippen molar-refractivity contribution in [2.45, 2.75) is 13.0 Å². The normalized spacial score (nSPS) is 17.6. The van der Waals surface area contributed by atoms with Gasteiger partial charge in [0.15, 0.2) is 0 Å². The van der Waals surface area contributed by atoms with Gasteiger partial charge >= 0.3 is 0 Å². The monoisotopic (exact) mass is 352 g/mol. The molecular weight excluding hydrogens is 332 g/mol. The van der Waals surface area contributed by atoms with Crippen molar-refractivity contribution < 1.29 is 4.79 Å². The topological polar surface area (TPSA) is 50.2 Å². The van der Waals surface area contributed by atoms with Crippen molar-refractivity contribution >= 4 is 17.2 Å². The van der Waals surface area contributed by atoms with Crippen LogP contribution in [0.5, 0.6) is 0 Å². The summed E-state index contributed by atoms with van der Waals surface area (Å²) >= 11 is 1.50. The van der Waals surface area contributed by atoms with Crippen molar-refractivity contribution in [2.75, 3.05) is 19.6 Å². The zero-order valence-corrected chi connectivity index (χ0v) is 14.9. The summed E-state index contributed by atoms with van der Waals surface area (Å²) in [5.74, 6) is 0.125. The molecule has 1 aliphatic heterocycles. The molecule has 2 aromatic heterocycles. The number of thiophene rings is 1. The van der Waals surface area contributed by atoms with Crippen molar-refractivity contribution in [3.63, 3.8) is 0 Å². The Morgan fingerprint density at radius 1 is 1.28 bits per heavy atom. The summed E-state index contributed by atoms with van der Waals surface area (Å²) in [5.41, 5.74) is 3.08. The zero-order valence-electron chi connectivity index (χ0n) is 14.1. The molecule has 128 valence electrons. The van der Waals surface area contributed by atoms with Crippen molar-refractivity contribution in [1.29, 1.82) is 0 Å². The van der Waals surface area contributed by atoms with E-state index >= 15 is 0 Å². The van der Waals surface area contributed by atoms with Gasteiger partial charge in [0.1, 0.15) is 0 Å². The van der Waals surface area contributed by atoms with Crippen molar-refractivity contribution in [3.05, 3.63) is 59.0 Å². The number of hydrogen-bond donors (Lipinski definition) is 1. The Morgan fingerprint density at radius 3 is 2.92 bits per heavy atom. The summed E-state index contributed by atoms with van der Waals surface area (Å²) in [7, 11) is 0. The molecule has 0 bridgehead atoms. The lowest BCUT2D eigenvalue weighted by molar-refractivity contribution is 0.0714. The number of nitrogens with one attached hydrogen (secondary N) is 1. The summed E-state index contributed by atoms with van der Waals surface area (Å²) in [5, 5.41) is 9.83. The highest BCUT2D eigenvalue weighted by Crippen LogP contribution is 2.27. The highest BCUT2D eigenvalue weighted by atomic mass is 32.1. The fraction of sp³-hybridized carbons (Fsp3) is 0.263. The van der Waals surface area contributed by atoms with E-state index in [1.54, 1.807) is 0 Å². The van der Waals surface area contributed by atoms with Gasteiger partial charge in [-0.15, -0.1) is 11.3 Å². The molecule has 1 amide bonds. The lowest BCUT2D eigenvalue weighted by atomic mass is 10.2. The summed E-state index contributed by atoms with van der Waals surface area (Å²) in [4.78, 5) is 15.4. The van der Waals surface area contributed by atoms with Crippen LogP contribution in [0.4, 0.5) is 0 Å². The fourth-order valence-corrected chi connectivity index (χ4v) is 3.95. The lowest BCUT2D eigenvalue weighted by Gasteiger charge is -2.31. The van der Waals surface area contributed by atoms with E-state index in [9.17, 15) is 4.79 Å². The Morgan fingerprint density at radius 2 is 2.12 bits per heavy atom. The van der Waals surface area contributed by atoms with Crippen LogP contribution in [0.25, 0.3) is 16.8 Å². The molecule has 1 N–H and O–H groups in total. The fourth-order valence-electron chi connectivity index (χ4n) is 3.07. The summed E-state index contributed by atoms with van der Waals surface area (Å²) in [6.07, 6.45) is 3.84. The second-order valence-corrected chi connectivity index (χ2v) is 7.23. The Bertz CT molecular complexity index is 870. The van der Waals surface area contributed by atoms with E-state index in [1.807, 2.05) is 63.8 Å². The molecule has 0 unspecified atom stereocenters. The van der Waals surface area contributed by atoms with Gasteiger partial charge in [-0.3, -0.25) is 4.79 Å². The molecule has 3 aromatic rings. The van der Waals surface area contributed by atoms with Crippen LogP contribution >= 0.6 is 11.3 Å². The number of carbonyl (C=O) groups excluding carboxylic acids is 1. The number of rotatable bonds is 3. The Hall–Kier alpha value is -2.44. The maximum atomic E-state index is 12.7. The van der Waals surface area contributed by atoms with E-state index in [4.69, 9.17) is 0 Å². The number of nitrogens with zero attached hydrogens (tertiary/aromatic N) is 3. The predicted octanol–water partition coefficient (Wildman–Crippen LogP) is 3.03. The average Bonchev–Trinajstić information content (AvgIpc) is 3.31. The van der Waals surface area contributed by atoms with Gasteiger partial charge in [-0.05, 0) is 36.1 Å². The van der Waals surface area contributed by atoms with Gasteiger partial charge in [0.05, 0.1) is 16.8 Å². The van der Waals surface area contributed by atoms with Gasteiger partial charge in [-0.1, -0.05) is 18.2 Å². The molecule has 1 fully saturated rings. The number of aromatic nitrogens is 2. The highest BCUT2D eigenvalue weighted by Gasteiger charge is 2.23. The minimum atomic E-state index is 0.125. The Balaban J connectivity index is 1.53. The Labute approximate surface area is 150 Å². The van der Waals surface area contributed by atoms with Crippen molar-refractivity contribution in [2.24, 2.45) is 0 Å². The smallest absolute Gasteiger partial charge is 0.264 e. The zero-order chi connectivity index (χ0) is 17.2. The molecule has 0 aliphatic carbocycles. The van der Waals surface area contributed by atoms with Crippen molar-refractivity contribution in [3.8, 4) is 16.8 Å². The van der Waals surface area contributed by atoms with Crippen LogP contribution in [-0.2, 0) is 0 Å².